The van der Waals surface area contributed by atoms with Gasteiger partial charge in [0.25, 0.3) is 0 Å². The molecule has 48 heavy (non-hydrogen) atoms. The Balaban J connectivity index is 1.32. The van der Waals surface area contributed by atoms with E-state index in [0.29, 0.717) is 0 Å². The predicted octanol–water partition coefficient (Wildman–Crippen LogP) is 12.9. The Morgan fingerprint density at radius 3 is 1.81 bits per heavy atom. The topological polar surface area (TPSA) is 0 Å². The summed E-state index contributed by atoms with van der Waals surface area (Å²) in [7, 11) is 0. The van der Waals surface area contributed by atoms with Crippen LogP contribution in [0.15, 0.2) is 170 Å². The van der Waals surface area contributed by atoms with Gasteiger partial charge in [-0.3, -0.25) is 0 Å². The van der Waals surface area contributed by atoms with Crippen molar-refractivity contribution in [1.29, 1.82) is 0 Å². The van der Waals surface area contributed by atoms with E-state index in [1.165, 1.54) is 97.7 Å². The van der Waals surface area contributed by atoms with Crippen LogP contribution in [0.4, 0.5) is 0 Å². The molecule has 8 aromatic carbocycles. The summed E-state index contributed by atoms with van der Waals surface area (Å²) in [5.41, 5.74) is 15.5. The Bertz CT molecular complexity index is 2740. The first kappa shape index (κ1) is 26.3. The van der Waals surface area contributed by atoms with Gasteiger partial charge in [-0.2, -0.15) is 0 Å². The molecule has 1 heterocycles. The molecule has 0 amide bonds. The van der Waals surface area contributed by atoms with Crippen LogP contribution < -0.4 is 0 Å². The second-order valence-corrected chi connectivity index (χ2v) is 14.3. The number of fused-ring (bicyclic) bond motifs is 15. The fourth-order valence-corrected chi connectivity index (χ4v) is 10.0. The van der Waals surface area contributed by atoms with Crippen molar-refractivity contribution in [3.05, 3.63) is 192 Å². The summed E-state index contributed by atoms with van der Waals surface area (Å²) < 4.78 is 2.67. The minimum absolute atomic E-state index is 0.447. The summed E-state index contributed by atoms with van der Waals surface area (Å²) >= 11 is 1.88. The molecule has 0 fully saturated rings. The molecule has 2 aliphatic rings. The first-order valence-electron chi connectivity index (χ1n) is 16.7. The molecule has 2 aliphatic carbocycles. The zero-order valence-electron chi connectivity index (χ0n) is 26.1. The molecule has 1 heteroatoms. The number of thiophene rings is 1. The monoisotopic (exact) mass is 624 g/mol. The van der Waals surface area contributed by atoms with Gasteiger partial charge in [0.2, 0.25) is 0 Å². The second-order valence-electron chi connectivity index (χ2n) is 13.2. The van der Waals surface area contributed by atoms with Crippen LogP contribution >= 0.6 is 11.3 Å². The molecule has 0 radical (unpaired) electrons. The van der Waals surface area contributed by atoms with Crippen LogP contribution in [0.2, 0.25) is 0 Å². The van der Waals surface area contributed by atoms with Gasteiger partial charge in [-0.05, 0) is 108 Å². The lowest BCUT2D eigenvalue weighted by atomic mass is 9.69. The molecule has 1 spiro atoms. The molecule has 0 saturated carbocycles. The average Bonchev–Trinajstić information content (AvgIpc) is 3.78. The quantitative estimate of drug-likeness (QED) is 0.179. The minimum Gasteiger partial charge on any atom is -0.135 e. The van der Waals surface area contributed by atoms with Gasteiger partial charge in [-0.1, -0.05) is 140 Å². The SMILES string of the molecule is c1ccc(-c2ccc3c(c2)C2(c4ccccc4-c4ccccc42)c2c-3c(-c3ccc4sc5ccccc5c4c3)cc3ccccc23)cc1. The van der Waals surface area contributed by atoms with Gasteiger partial charge in [0.1, 0.15) is 0 Å². The van der Waals surface area contributed by atoms with E-state index in [-0.39, 0.29) is 0 Å². The number of rotatable bonds is 2. The van der Waals surface area contributed by atoms with Crippen LogP contribution in [0, 0.1) is 0 Å². The molecule has 0 N–H and O–H groups in total. The maximum Gasteiger partial charge on any atom is 0.0731 e. The van der Waals surface area contributed by atoms with Crippen LogP contribution in [0.1, 0.15) is 22.3 Å². The highest BCUT2D eigenvalue weighted by Gasteiger charge is 2.53. The Kier molecular flexibility index (Phi) is 5.29. The molecule has 0 bridgehead atoms. The van der Waals surface area contributed by atoms with E-state index in [2.05, 4.69) is 170 Å². The Morgan fingerprint density at radius 1 is 0.354 bits per heavy atom. The van der Waals surface area contributed by atoms with Gasteiger partial charge in [0.15, 0.2) is 0 Å². The Morgan fingerprint density at radius 2 is 1.00 bits per heavy atom. The van der Waals surface area contributed by atoms with Crippen molar-refractivity contribution in [2.24, 2.45) is 0 Å². The fraction of sp³-hybridized carbons (Fsp3) is 0.0213. The highest BCUT2D eigenvalue weighted by Crippen LogP contribution is 2.65. The van der Waals surface area contributed by atoms with Crippen molar-refractivity contribution < 1.29 is 0 Å². The van der Waals surface area contributed by atoms with E-state index in [1.807, 2.05) is 11.3 Å². The van der Waals surface area contributed by atoms with E-state index in [9.17, 15) is 0 Å². The summed E-state index contributed by atoms with van der Waals surface area (Å²) in [4.78, 5) is 0. The highest BCUT2D eigenvalue weighted by atomic mass is 32.1. The fourth-order valence-electron chi connectivity index (χ4n) is 8.95. The van der Waals surface area contributed by atoms with Crippen LogP contribution in [0.3, 0.4) is 0 Å². The minimum atomic E-state index is -0.447. The zero-order chi connectivity index (χ0) is 31.4. The largest absolute Gasteiger partial charge is 0.135 e. The third-order valence-corrected chi connectivity index (χ3v) is 12.0. The molecule has 0 aliphatic heterocycles. The third kappa shape index (κ3) is 3.34. The first-order valence-corrected chi connectivity index (χ1v) is 17.5. The lowest BCUT2D eigenvalue weighted by Gasteiger charge is -2.32. The lowest BCUT2D eigenvalue weighted by Crippen LogP contribution is -2.26. The smallest absolute Gasteiger partial charge is 0.0731 e. The van der Waals surface area contributed by atoms with Gasteiger partial charge in [-0.25, -0.2) is 0 Å². The Hall–Kier alpha value is -5.76. The second kappa shape index (κ2) is 9.64. The van der Waals surface area contributed by atoms with E-state index >= 15 is 0 Å². The number of benzene rings is 8. The van der Waals surface area contributed by atoms with Gasteiger partial charge in [0, 0.05) is 20.2 Å². The normalized spacial score (nSPS) is 13.6. The van der Waals surface area contributed by atoms with E-state index < -0.39 is 5.41 Å². The Labute approximate surface area is 283 Å². The summed E-state index contributed by atoms with van der Waals surface area (Å²) in [6, 6.07) is 63.8. The molecule has 11 rings (SSSR count). The summed E-state index contributed by atoms with van der Waals surface area (Å²) in [6.07, 6.45) is 0. The van der Waals surface area contributed by atoms with E-state index in [0.717, 1.165) is 0 Å². The highest BCUT2D eigenvalue weighted by molar-refractivity contribution is 7.25. The van der Waals surface area contributed by atoms with Crippen molar-refractivity contribution in [2.75, 3.05) is 0 Å². The van der Waals surface area contributed by atoms with Crippen LogP contribution in [-0.2, 0) is 5.41 Å². The molecule has 1 aromatic heterocycles. The maximum atomic E-state index is 2.50. The average molecular weight is 625 g/mol. The van der Waals surface area contributed by atoms with Gasteiger partial charge in [-0.15, -0.1) is 11.3 Å². The van der Waals surface area contributed by atoms with Crippen LogP contribution in [-0.4, -0.2) is 0 Å². The molecule has 0 nitrogen and oxygen atoms in total. The molecule has 0 unspecified atom stereocenters. The summed E-state index contributed by atoms with van der Waals surface area (Å²) in [6.45, 7) is 0. The number of hydrogen-bond acceptors (Lipinski definition) is 1. The zero-order valence-corrected chi connectivity index (χ0v) is 26.9. The predicted molar refractivity (Wildman–Crippen MR) is 204 cm³/mol. The third-order valence-electron chi connectivity index (χ3n) is 10.9. The molecular weight excluding hydrogens is 597 g/mol. The van der Waals surface area contributed by atoms with E-state index in [1.54, 1.807) is 0 Å². The van der Waals surface area contributed by atoms with Crippen molar-refractivity contribution in [3.63, 3.8) is 0 Å². The molecule has 0 saturated heterocycles. The molecule has 9 aromatic rings. The van der Waals surface area contributed by atoms with Crippen LogP contribution in [0.5, 0.6) is 0 Å². The molecule has 222 valence electrons. The van der Waals surface area contributed by atoms with Crippen molar-refractivity contribution in [2.45, 2.75) is 5.41 Å². The molecule has 0 atom stereocenters. The van der Waals surface area contributed by atoms with Crippen molar-refractivity contribution >= 4 is 42.3 Å². The molecular formula is C47H28S. The summed E-state index contributed by atoms with van der Waals surface area (Å²) in [5, 5.41) is 5.26. The standard InChI is InChI=1S/C47H28S/c1-2-12-29(13-3-1)30-22-24-37-42(28-30)47(40-19-9-6-16-34(40)35-17-7-10-20-41(35)47)46-33-15-5-4-14-31(33)26-38(45(37)46)32-23-25-44-39(27-32)36-18-8-11-21-43(36)48-44/h1-28H. The van der Waals surface area contributed by atoms with Gasteiger partial charge >= 0.3 is 0 Å². The first-order chi connectivity index (χ1) is 23.8. The lowest BCUT2D eigenvalue weighted by molar-refractivity contribution is 0.802. The summed E-state index contributed by atoms with van der Waals surface area (Å²) in [5.74, 6) is 0. The van der Waals surface area contributed by atoms with Gasteiger partial charge in [0.05, 0.1) is 5.41 Å². The van der Waals surface area contributed by atoms with Crippen molar-refractivity contribution in [1.82, 2.24) is 0 Å². The van der Waals surface area contributed by atoms with Gasteiger partial charge < -0.3 is 0 Å². The maximum absolute atomic E-state index is 2.50. The van der Waals surface area contributed by atoms with Crippen molar-refractivity contribution in [3.8, 4) is 44.5 Å². The van der Waals surface area contributed by atoms with Crippen LogP contribution in [0.25, 0.3) is 75.5 Å². The number of hydrogen-bond donors (Lipinski definition) is 0. The van der Waals surface area contributed by atoms with E-state index in [4.69, 9.17) is 0 Å².